The molecule has 1 aliphatic carbocycles. The van der Waals surface area contributed by atoms with E-state index in [2.05, 4.69) is 10.7 Å². The van der Waals surface area contributed by atoms with Gasteiger partial charge in [-0.25, -0.2) is 0 Å². The summed E-state index contributed by atoms with van der Waals surface area (Å²) in [5, 5.41) is 14.6. The Labute approximate surface area is 156 Å². The Hall–Kier alpha value is -2.34. The standard InChI is InChI=1S/C20H22N2O3S/c23-16-7-5-15(6-8-16)22-11-13(9-19(22)24)20(25)21-10-14-12-26-18-4-2-1-3-17(14)18/h5-8,12-13,23H,1-4,9-11H2,(H,21,25). The minimum atomic E-state index is -0.328. The number of carbonyl (C=O) groups is 2. The number of carbonyl (C=O) groups excluding carboxylic acids is 2. The number of nitrogens with one attached hydrogen (secondary N) is 1. The highest BCUT2D eigenvalue weighted by atomic mass is 32.1. The molecule has 1 unspecified atom stereocenters. The Morgan fingerprint density at radius 3 is 2.81 bits per heavy atom. The van der Waals surface area contributed by atoms with Crippen molar-refractivity contribution >= 4 is 28.8 Å². The van der Waals surface area contributed by atoms with Crippen LogP contribution in [0.15, 0.2) is 29.6 Å². The highest BCUT2D eigenvalue weighted by molar-refractivity contribution is 7.10. The van der Waals surface area contributed by atoms with E-state index in [1.807, 2.05) is 0 Å². The van der Waals surface area contributed by atoms with Crippen LogP contribution in [0.1, 0.15) is 35.3 Å². The van der Waals surface area contributed by atoms with Crippen molar-refractivity contribution in [1.82, 2.24) is 5.32 Å². The van der Waals surface area contributed by atoms with E-state index in [4.69, 9.17) is 0 Å². The van der Waals surface area contributed by atoms with E-state index in [1.165, 1.54) is 28.8 Å². The molecule has 1 fully saturated rings. The molecular formula is C20H22N2O3S. The van der Waals surface area contributed by atoms with E-state index < -0.39 is 0 Å². The van der Waals surface area contributed by atoms with Gasteiger partial charge in [-0.05, 0) is 66.5 Å². The molecule has 26 heavy (non-hydrogen) atoms. The molecule has 1 aromatic carbocycles. The fourth-order valence-electron chi connectivity index (χ4n) is 3.80. The monoisotopic (exact) mass is 370 g/mol. The average Bonchev–Trinajstić information content (AvgIpc) is 3.24. The van der Waals surface area contributed by atoms with Crippen molar-refractivity contribution < 1.29 is 14.7 Å². The second-order valence-corrected chi connectivity index (χ2v) is 7.97. The summed E-state index contributed by atoms with van der Waals surface area (Å²) in [7, 11) is 0. The zero-order chi connectivity index (χ0) is 18.1. The van der Waals surface area contributed by atoms with Gasteiger partial charge in [0.1, 0.15) is 5.75 Å². The van der Waals surface area contributed by atoms with E-state index in [0.29, 0.717) is 13.1 Å². The Morgan fingerprint density at radius 1 is 1.23 bits per heavy atom. The van der Waals surface area contributed by atoms with Gasteiger partial charge in [0, 0.05) is 30.1 Å². The van der Waals surface area contributed by atoms with Crippen LogP contribution in [0.4, 0.5) is 5.69 Å². The van der Waals surface area contributed by atoms with E-state index in [1.54, 1.807) is 40.5 Å². The molecule has 0 spiro atoms. The van der Waals surface area contributed by atoms with Crippen molar-refractivity contribution in [3.05, 3.63) is 45.6 Å². The Bertz CT molecular complexity index is 828. The van der Waals surface area contributed by atoms with Crippen molar-refractivity contribution in [2.75, 3.05) is 11.4 Å². The quantitative estimate of drug-likeness (QED) is 0.869. The molecule has 0 bridgehead atoms. The number of phenols is 1. The molecule has 2 aromatic rings. The molecule has 4 rings (SSSR count). The lowest BCUT2D eigenvalue weighted by atomic mass is 9.96. The maximum atomic E-state index is 12.6. The topological polar surface area (TPSA) is 69.6 Å². The normalized spacial score (nSPS) is 19.5. The molecule has 1 saturated heterocycles. The Morgan fingerprint density at radius 2 is 2.00 bits per heavy atom. The van der Waals surface area contributed by atoms with Gasteiger partial charge in [0.2, 0.25) is 11.8 Å². The van der Waals surface area contributed by atoms with E-state index in [-0.39, 0.29) is 29.9 Å². The van der Waals surface area contributed by atoms with E-state index in [9.17, 15) is 14.7 Å². The minimum Gasteiger partial charge on any atom is -0.508 e. The highest BCUT2D eigenvalue weighted by Crippen LogP contribution is 2.30. The summed E-state index contributed by atoms with van der Waals surface area (Å²) in [6.45, 7) is 0.936. The van der Waals surface area contributed by atoms with Gasteiger partial charge >= 0.3 is 0 Å². The van der Waals surface area contributed by atoms with Gasteiger partial charge in [0.05, 0.1) is 5.92 Å². The Balaban J connectivity index is 1.37. The maximum Gasteiger partial charge on any atom is 0.227 e. The molecule has 5 nitrogen and oxygen atoms in total. The number of aromatic hydroxyl groups is 1. The summed E-state index contributed by atoms with van der Waals surface area (Å²) in [4.78, 5) is 27.9. The molecule has 1 atom stereocenters. The first kappa shape index (κ1) is 17.1. The van der Waals surface area contributed by atoms with E-state index >= 15 is 0 Å². The van der Waals surface area contributed by atoms with Crippen molar-refractivity contribution in [1.29, 1.82) is 0 Å². The number of fused-ring (bicyclic) bond motifs is 1. The van der Waals surface area contributed by atoms with Crippen LogP contribution in [0.3, 0.4) is 0 Å². The van der Waals surface area contributed by atoms with Gasteiger partial charge in [0.15, 0.2) is 0 Å². The summed E-state index contributed by atoms with van der Waals surface area (Å²) < 4.78 is 0. The third-order valence-corrected chi connectivity index (χ3v) is 6.40. The molecule has 1 aromatic heterocycles. The van der Waals surface area contributed by atoms with Crippen LogP contribution in [-0.2, 0) is 29.0 Å². The Kier molecular flexibility index (Phi) is 4.68. The van der Waals surface area contributed by atoms with Crippen molar-refractivity contribution in [3.8, 4) is 5.75 Å². The number of nitrogens with zero attached hydrogens (tertiary/aromatic N) is 1. The second kappa shape index (κ2) is 7.11. The van der Waals surface area contributed by atoms with Crippen LogP contribution in [-0.4, -0.2) is 23.5 Å². The maximum absolute atomic E-state index is 12.6. The summed E-state index contributed by atoms with van der Waals surface area (Å²) in [5.41, 5.74) is 3.38. The first-order chi connectivity index (χ1) is 12.6. The first-order valence-electron chi connectivity index (χ1n) is 9.07. The SMILES string of the molecule is O=C(NCc1csc2c1CCCC2)C1CC(=O)N(c2ccc(O)cc2)C1. The fourth-order valence-corrected chi connectivity index (χ4v) is 4.95. The molecule has 2 heterocycles. The number of phenolic OH excluding ortho intramolecular Hbond substituents is 1. The molecule has 0 radical (unpaired) electrons. The number of hydrogen-bond acceptors (Lipinski definition) is 4. The summed E-state index contributed by atoms with van der Waals surface area (Å²) >= 11 is 1.80. The smallest absolute Gasteiger partial charge is 0.227 e. The number of hydrogen-bond donors (Lipinski definition) is 2. The highest BCUT2D eigenvalue weighted by Gasteiger charge is 2.35. The van der Waals surface area contributed by atoms with Crippen molar-refractivity contribution in [3.63, 3.8) is 0 Å². The minimum absolute atomic E-state index is 0.0521. The summed E-state index contributed by atoms with van der Waals surface area (Å²) in [6.07, 6.45) is 4.99. The van der Waals surface area contributed by atoms with Gasteiger partial charge in [-0.15, -0.1) is 11.3 Å². The molecule has 0 saturated carbocycles. The van der Waals surface area contributed by atoms with Gasteiger partial charge in [0.25, 0.3) is 0 Å². The third-order valence-electron chi connectivity index (χ3n) is 5.26. The summed E-state index contributed by atoms with van der Waals surface area (Å²) in [6, 6.07) is 6.50. The number of amides is 2. The third kappa shape index (κ3) is 3.33. The van der Waals surface area contributed by atoms with Gasteiger partial charge in [-0.2, -0.15) is 0 Å². The molecule has 6 heteroatoms. The van der Waals surface area contributed by atoms with Crippen LogP contribution in [0.2, 0.25) is 0 Å². The fraction of sp³-hybridized carbons (Fsp3) is 0.400. The molecule has 136 valence electrons. The largest absolute Gasteiger partial charge is 0.508 e. The molecular weight excluding hydrogens is 348 g/mol. The molecule has 2 N–H and O–H groups in total. The zero-order valence-electron chi connectivity index (χ0n) is 14.5. The lowest BCUT2D eigenvalue weighted by Crippen LogP contribution is -2.32. The zero-order valence-corrected chi connectivity index (χ0v) is 15.3. The summed E-state index contributed by atoms with van der Waals surface area (Å²) in [5.74, 6) is -0.279. The van der Waals surface area contributed by atoms with Crippen molar-refractivity contribution in [2.45, 2.75) is 38.6 Å². The van der Waals surface area contributed by atoms with Crippen LogP contribution in [0.5, 0.6) is 5.75 Å². The van der Waals surface area contributed by atoms with Crippen LogP contribution in [0.25, 0.3) is 0 Å². The second-order valence-electron chi connectivity index (χ2n) is 7.01. The van der Waals surface area contributed by atoms with Crippen LogP contribution < -0.4 is 10.2 Å². The predicted molar refractivity (Wildman–Crippen MR) is 101 cm³/mol. The van der Waals surface area contributed by atoms with Gasteiger partial charge in [-0.3, -0.25) is 9.59 Å². The lowest BCUT2D eigenvalue weighted by molar-refractivity contribution is -0.126. The molecule has 2 aliphatic rings. The molecule has 1 aliphatic heterocycles. The number of thiophene rings is 1. The average molecular weight is 370 g/mol. The van der Waals surface area contributed by atoms with Crippen molar-refractivity contribution in [2.24, 2.45) is 5.92 Å². The number of benzene rings is 1. The first-order valence-corrected chi connectivity index (χ1v) is 9.95. The van der Waals surface area contributed by atoms with E-state index in [0.717, 1.165) is 18.5 Å². The lowest BCUT2D eigenvalue weighted by Gasteiger charge is -2.17. The van der Waals surface area contributed by atoms with Crippen LogP contribution >= 0.6 is 11.3 Å². The van der Waals surface area contributed by atoms with Gasteiger partial charge < -0.3 is 15.3 Å². The number of anilines is 1. The number of rotatable bonds is 4. The van der Waals surface area contributed by atoms with Gasteiger partial charge in [-0.1, -0.05) is 0 Å². The molecule has 2 amide bonds. The van der Waals surface area contributed by atoms with Crippen LogP contribution in [0, 0.1) is 5.92 Å². The number of aryl methyl sites for hydroxylation is 1. The predicted octanol–water partition coefficient (Wildman–Crippen LogP) is 3.00.